The molecule has 0 radical (unpaired) electrons. The summed E-state index contributed by atoms with van der Waals surface area (Å²) in [4.78, 5) is 4.21. The first-order valence-electron chi connectivity index (χ1n) is 7.13. The van der Waals surface area contributed by atoms with Gasteiger partial charge in [-0.25, -0.2) is 0 Å². The summed E-state index contributed by atoms with van der Waals surface area (Å²) in [6, 6.07) is 10.0. The van der Waals surface area contributed by atoms with Crippen molar-refractivity contribution in [2.45, 2.75) is 31.8 Å². The van der Waals surface area contributed by atoms with Crippen LogP contribution in [0.2, 0.25) is 0 Å². The molecule has 0 amide bonds. The standard InChI is InChI=1S/C17H19NO2/c1-2-20-15-10-14(11-18-12-15)17(19)9-5-7-13-6-3-4-8-16(13)17/h3-4,6,8,10-12,19H,2,5,7,9H2,1H3. The summed E-state index contributed by atoms with van der Waals surface area (Å²) in [7, 11) is 0. The molecule has 1 N–H and O–H groups in total. The molecular formula is C17H19NO2. The lowest BCUT2D eigenvalue weighted by Crippen LogP contribution is -2.32. The van der Waals surface area contributed by atoms with Gasteiger partial charge in [0.1, 0.15) is 11.4 Å². The van der Waals surface area contributed by atoms with Gasteiger partial charge in [-0.05, 0) is 43.4 Å². The van der Waals surface area contributed by atoms with Crippen molar-refractivity contribution in [3.8, 4) is 5.75 Å². The molecule has 2 aromatic rings. The molecule has 3 rings (SSSR count). The van der Waals surface area contributed by atoms with Crippen LogP contribution in [0.25, 0.3) is 0 Å². The topological polar surface area (TPSA) is 42.4 Å². The summed E-state index contributed by atoms with van der Waals surface area (Å²) in [6.45, 7) is 2.54. The predicted molar refractivity (Wildman–Crippen MR) is 77.8 cm³/mol. The molecule has 20 heavy (non-hydrogen) atoms. The van der Waals surface area contributed by atoms with Gasteiger partial charge in [-0.2, -0.15) is 0 Å². The smallest absolute Gasteiger partial charge is 0.137 e. The highest BCUT2D eigenvalue weighted by atomic mass is 16.5. The lowest BCUT2D eigenvalue weighted by atomic mass is 9.75. The minimum Gasteiger partial charge on any atom is -0.492 e. The molecule has 1 aliphatic carbocycles. The first-order chi connectivity index (χ1) is 9.74. The minimum atomic E-state index is -0.949. The van der Waals surface area contributed by atoms with Crippen molar-refractivity contribution >= 4 is 0 Å². The first kappa shape index (κ1) is 13.1. The second-order valence-corrected chi connectivity index (χ2v) is 5.21. The number of pyridine rings is 1. The molecule has 1 aromatic carbocycles. The molecule has 1 aromatic heterocycles. The van der Waals surface area contributed by atoms with E-state index in [9.17, 15) is 5.11 Å². The molecule has 1 unspecified atom stereocenters. The van der Waals surface area contributed by atoms with E-state index >= 15 is 0 Å². The van der Waals surface area contributed by atoms with Gasteiger partial charge in [-0.15, -0.1) is 0 Å². The van der Waals surface area contributed by atoms with Gasteiger partial charge in [0.25, 0.3) is 0 Å². The van der Waals surface area contributed by atoms with Gasteiger partial charge in [0.05, 0.1) is 12.8 Å². The van der Waals surface area contributed by atoms with E-state index in [-0.39, 0.29) is 0 Å². The Bertz CT molecular complexity index is 611. The number of nitrogens with zero attached hydrogens (tertiary/aromatic N) is 1. The minimum absolute atomic E-state index is 0.597. The van der Waals surface area contributed by atoms with E-state index in [2.05, 4.69) is 11.1 Å². The van der Waals surface area contributed by atoms with Crippen LogP contribution >= 0.6 is 0 Å². The SMILES string of the molecule is CCOc1cncc(C2(O)CCCc3ccccc32)c1. The van der Waals surface area contributed by atoms with E-state index in [1.807, 2.05) is 31.2 Å². The van der Waals surface area contributed by atoms with Gasteiger partial charge in [0, 0.05) is 11.8 Å². The molecule has 3 heteroatoms. The molecule has 0 saturated carbocycles. The van der Waals surface area contributed by atoms with Crippen LogP contribution in [0.15, 0.2) is 42.7 Å². The maximum atomic E-state index is 11.2. The lowest BCUT2D eigenvalue weighted by Gasteiger charge is -2.34. The molecule has 0 bridgehead atoms. The molecule has 1 atom stereocenters. The van der Waals surface area contributed by atoms with Crippen molar-refractivity contribution in [1.29, 1.82) is 0 Å². The average Bonchev–Trinajstić information content (AvgIpc) is 2.48. The van der Waals surface area contributed by atoms with Crippen molar-refractivity contribution in [2.75, 3.05) is 6.61 Å². The van der Waals surface area contributed by atoms with Crippen molar-refractivity contribution in [3.63, 3.8) is 0 Å². The number of aryl methyl sites for hydroxylation is 1. The number of fused-ring (bicyclic) bond motifs is 1. The maximum Gasteiger partial charge on any atom is 0.137 e. The third-order valence-corrected chi connectivity index (χ3v) is 3.95. The summed E-state index contributed by atoms with van der Waals surface area (Å²) in [5.74, 6) is 0.710. The number of hydrogen-bond donors (Lipinski definition) is 1. The molecule has 104 valence electrons. The van der Waals surface area contributed by atoms with E-state index in [1.165, 1.54) is 5.56 Å². The van der Waals surface area contributed by atoms with Gasteiger partial charge in [-0.1, -0.05) is 24.3 Å². The monoisotopic (exact) mass is 269 g/mol. The number of benzene rings is 1. The van der Waals surface area contributed by atoms with Gasteiger partial charge >= 0.3 is 0 Å². The van der Waals surface area contributed by atoms with Crippen molar-refractivity contribution < 1.29 is 9.84 Å². The van der Waals surface area contributed by atoms with Gasteiger partial charge < -0.3 is 9.84 Å². The van der Waals surface area contributed by atoms with Crippen LogP contribution in [-0.2, 0) is 12.0 Å². The van der Waals surface area contributed by atoms with Crippen molar-refractivity contribution in [2.24, 2.45) is 0 Å². The van der Waals surface area contributed by atoms with Gasteiger partial charge in [0.2, 0.25) is 0 Å². The molecule has 1 aliphatic rings. The second kappa shape index (κ2) is 5.25. The molecular weight excluding hydrogens is 250 g/mol. The Kier molecular flexibility index (Phi) is 3.45. The molecule has 0 aliphatic heterocycles. The Morgan fingerprint density at radius 3 is 3.00 bits per heavy atom. The number of rotatable bonds is 3. The zero-order valence-electron chi connectivity index (χ0n) is 11.7. The average molecular weight is 269 g/mol. The third-order valence-electron chi connectivity index (χ3n) is 3.95. The zero-order valence-corrected chi connectivity index (χ0v) is 11.7. The normalized spacial score (nSPS) is 21.3. The highest BCUT2D eigenvalue weighted by Gasteiger charge is 2.36. The molecule has 0 saturated heterocycles. The fraction of sp³-hybridized carbons (Fsp3) is 0.353. The Hall–Kier alpha value is -1.87. The first-order valence-corrected chi connectivity index (χ1v) is 7.13. The fourth-order valence-electron chi connectivity index (χ4n) is 3.00. The predicted octanol–water partition coefficient (Wildman–Crippen LogP) is 3.05. The number of hydrogen-bond acceptors (Lipinski definition) is 3. The molecule has 3 nitrogen and oxygen atoms in total. The maximum absolute atomic E-state index is 11.2. The molecule has 1 heterocycles. The van der Waals surface area contributed by atoms with Crippen LogP contribution in [0.1, 0.15) is 36.5 Å². The quantitative estimate of drug-likeness (QED) is 0.931. The van der Waals surface area contributed by atoms with Crippen LogP contribution in [-0.4, -0.2) is 16.7 Å². The summed E-state index contributed by atoms with van der Waals surface area (Å²) in [6.07, 6.45) is 6.15. The van der Waals surface area contributed by atoms with Gasteiger partial charge in [-0.3, -0.25) is 4.98 Å². The van der Waals surface area contributed by atoms with Crippen LogP contribution in [0.3, 0.4) is 0 Å². The number of aliphatic hydroxyl groups is 1. The highest BCUT2D eigenvalue weighted by molar-refractivity contribution is 5.43. The van der Waals surface area contributed by atoms with Crippen molar-refractivity contribution in [3.05, 3.63) is 59.4 Å². The number of aromatic nitrogens is 1. The fourth-order valence-corrected chi connectivity index (χ4v) is 3.00. The highest BCUT2D eigenvalue weighted by Crippen LogP contribution is 2.40. The third kappa shape index (κ3) is 2.18. The summed E-state index contributed by atoms with van der Waals surface area (Å²) in [5.41, 5.74) is 2.09. The number of ether oxygens (including phenoxy) is 1. The molecule has 0 spiro atoms. The van der Waals surface area contributed by atoms with Gasteiger partial charge in [0.15, 0.2) is 0 Å². The summed E-state index contributed by atoms with van der Waals surface area (Å²) < 4.78 is 5.50. The zero-order chi connectivity index (χ0) is 14.0. The van der Waals surface area contributed by atoms with Crippen LogP contribution < -0.4 is 4.74 Å². The van der Waals surface area contributed by atoms with E-state index in [0.29, 0.717) is 12.4 Å². The Morgan fingerprint density at radius 1 is 1.30 bits per heavy atom. The summed E-state index contributed by atoms with van der Waals surface area (Å²) in [5, 5.41) is 11.2. The largest absolute Gasteiger partial charge is 0.492 e. The Balaban J connectivity index is 2.07. The van der Waals surface area contributed by atoms with Crippen LogP contribution in [0.5, 0.6) is 5.75 Å². The van der Waals surface area contributed by atoms with E-state index in [0.717, 1.165) is 30.4 Å². The van der Waals surface area contributed by atoms with E-state index < -0.39 is 5.60 Å². The lowest BCUT2D eigenvalue weighted by molar-refractivity contribution is 0.0609. The van der Waals surface area contributed by atoms with Crippen molar-refractivity contribution in [1.82, 2.24) is 4.98 Å². The second-order valence-electron chi connectivity index (χ2n) is 5.21. The van der Waals surface area contributed by atoms with Crippen LogP contribution in [0.4, 0.5) is 0 Å². The Morgan fingerprint density at radius 2 is 2.15 bits per heavy atom. The van der Waals surface area contributed by atoms with E-state index in [1.54, 1.807) is 12.4 Å². The van der Waals surface area contributed by atoms with Crippen LogP contribution in [0, 0.1) is 0 Å². The summed E-state index contributed by atoms with van der Waals surface area (Å²) >= 11 is 0. The van der Waals surface area contributed by atoms with E-state index in [4.69, 9.17) is 4.74 Å². The molecule has 0 fully saturated rings. The Labute approximate surface area is 119 Å².